The van der Waals surface area contributed by atoms with Gasteiger partial charge < -0.3 is 11.1 Å². The molecule has 1 amide bonds. The summed E-state index contributed by atoms with van der Waals surface area (Å²) in [4.78, 5) is 11.8. The maximum absolute atomic E-state index is 11.8. The second-order valence-corrected chi connectivity index (χ2v) is 4.61. The lowest BCUT2D eigenvalue weighted by atomic mass is 10.1. The topological polar surface area (TPSA) is 55.1 Å². The highest BCUT2D eigenvalue weighted by molar-refractivity contribution is 5.78. The Morgan fingerprint density at radius 3 is 2.63 bits per heavy atom. The van der Waals surface area contributed by atoms with Gasteiger partial charge in [-0.1, -0.05) is 44.2 Å². The lowest BCUT2D eigenvalue weighted by Crippen LogP contribution is -2.28. The van der Waals surface area contributed by atoms with Crippen molar-refractivity contribution in [1.82, 2.24) is 5.32 Å². The van der Waals surface area contributed by atoms with Crippen molar-refractivity contribution in [2.24, 2.45) is 11.7 Å². The van der Waals surface area contributed by atoms with E-state index in [4.69, 9.17) is 5.73 Å². The molecule has 3 heteroatoms. The molecule has 1 aromatic rings. The number of nitrogens with one attached hydrogen (secondary N) is 1. The number of rotatable bonds is 5. The van der Waals surface area contributed by atoms with Crippen LogP contribution in [0.25, 0.3) is 0 Å². The van der Waals surface area contributed by atoms with Crippen molar-refractivity contribution in [3.05, 3.63) is 35.4 Å². The van der Waals surface area contributed by atoms with Gasteiger partial charge in [0.25, 0.3) is 0 Å². The van der Waals surface area contributed by atoms with Crippen LogP contribution in [-0.4, -0.2) is 12.5 Å². The molecule has 0 fully saturated rings. The number of carbonyl (C=O) groups excluding carboxylic acids is 1. The minimum atomic E-state index is 0.0831. The van der Waals surface area contributed by atoms with Crippen LogP contribution in [0.5, 0.6) is 0 Å². The quantitative estimate of drug-likeness (QED) is 0.794. The lowest BCUT2D eigenvalue weighted by molar-refractivity contribution is -0.124. The van der Waals surface area contributed by atoms with Crippen molar-refractivity contribution in [2.45, 2.75) is 33.2 Å². The second-order valence-electron chi connectivity index (χ2n) is 4.61. The molecule has 0 aromatic heterocycles. The zero-order chi connectivity index (χ0) is 14.1. The van der Waals surface area contributed by atoms with E-state index in [0.717, 1.165) is 24.0 Å². The first-order chi connectivity index (χ1) is 9.17. The van der Waals surface area contributed by atoms with Crippen LogP contribution < -0.4 is 11.1 Å². The standard InChI is InChI=1S/C16H22N2O/c1-3-5-13(2)16(19)18-12-15-9-7-14(8-10-15)6-4-11-17/h7-10,13H,3,5,11-12,17H2,1-2H3,(H,18,19). The Morgan fingerprint density at radius 2 is 2.05 bits per heavy atom. The van der Waals surface area contributed by atoms with E-state index in [0.29, 0.717) is 13.1 Å². The molecule has 1 rings (SSSR count). The highest BCUT2D eigenvalue weighted by Gasteiger charge is 2.10. The molecule has 3 nitrogen and oxygen atoms in total. The van der Waals surface area contributed by atoms with Crippen molar-refractivity contribution in [3.8, 4) is 11.8 Å². The van der Waals surface area contributed by atoms with E-state index < -0.39 is 0 Å². The highest BCUT2D eigenvalue weighted by atomic mass is 16.1. The fraction of sp³-hybridized carbons (Fsp3) is 0.438. The van der Waals surface area contributed by atoms with E-state index in [1.54, 1.807) is 0 Å². The Balaban J connectivity index is 2.48. The van der Waals surface area contributed by atoms with Crippen molar-refractivity contribution in [3.63, 3.8) is 0 Å². The molecule has 19 heavy (non-hydrogen) atoms. The van der Waals surface area contributed by atoms with Crippen molar-refractivity contribution in [1.29, 1.82) is 0 Å². The molecule has 102 valence electrons. The van der Waals surface area contributed by atoms with Gasteiger partial charge in [0.2, 0.25) is 5.91 Å². The van der Waals surface area contributed by atoms with Gasteiger partial charge in [0.05, 0.1) is 6.54 Å². The molecule has 0 saturated heterocycles. The van der Waals surface area contributed by atoms with Crippen LogP contribution >= 0.6 is 0 Å². The smallest absolute Gasteiger partial charge is 0.223 e. The molecule has 0 aliphatic carbocycles. The number of benzene rings is 1. The number of hydrogen-bond donors (Lipinski definition) is 2. The van der Waals surface area contributed by atoms with Gasteiger partial charge in [-0.2, -0.15) is 0 Å². The predicted octanol–water partition coefficient (Wildman–Crippen LogP) is 2.05. The fourth-order valence-corrected chi connectivity index (χ4v) is 1.79. The minimum Gasteiger partial charge on any atom is -0.352 e. The van der Waals surface area contributed by atoms with Crippen LogP contribution in [0.15, 0.2) is 24.3 Å². The SMILES string of the molecule is CCCC(C)C(=O)NCc1ccc(C#CCN)cc1. The first-order valence-electron chi connectivity index (χ1n) is 6.73. The van der Waals surface area contributed by atoms with Gasteiger partial charge in [-0.25, -0.2) is 0 Å². The molecule has 3 N–H and O–H groups in total. The lowest BCUT2D eigenvalue weighted by Gasteiger charge is -2.11. The molecule has 0 aliphatic rings. The van der Waals surface area contributed by atoms with Crippen LogP contribution in [0.2, 0.25) is 0 Å². The molecule has 1 aromatic carbocycles. The first-order valence-corrected chi connectivity index (χ1v) is 6.73. The maximum atomic E-state index is 11.8. The van der Waals surface area contributed by atoms with E-state index in [2.05, 4.69) is 24.1 Å². The predicted molar refractivity (Wildman–Crippen MR) is 78.3 cm³/mol. The van der Waals surface area contributed by atoms with Crippen molar-refractivity contribution >= 4 is 5.91 Å². The molecule has 0 saturated carbocycles. The van der Waals surface area contributed by atoms with Crippen LogP contribution in [0.3, 0.4) is 0 Å². The van der Waals surface area contributed by atoms with Crippen LogP contribution in [0.4, 0.5) is 0 Å². The Labute approximate surface area is 115 Å². The summed E-state index contributed by atoms with van der Waals surface area (Å²) in [7, 11) is 0. The molecular weight excluding hydrogens is 236 g/mol. The Hall–Kier alpha value is -1.79. The summed E-state index contributed by atoms with van der Waals surface area (Å²) >= 11 is 0. The van der Waals surface area contributed by atoms with Gasteiger partial charge in [0.1, 0.15) is 0 Å². The number of amides is 1. The van der Waals surface area contributed by atoms with Crippen molar-refractivity contribution in [2.75, 3.05) is 6.54 Å². The van der Waals surface area contributed by atoms with E-state index in [9.17, 15) is 4.79 Å². The van der Waals surface area contributed by atoms with Crippen molar-refractivity contribution < 1.29 is 4.79 Å². The Kier molecular flexibility index (Phi) is 6.70. The summed E-state index contributed by atoms with van der Waals surface area (Å²) in [5.41, 5.74) is 7.34. The molecule has 0 heterocycles. The summed E-state index contributed by atoms with van der Waals surface area (Å²) in [6, 6.07) is 7.84. The molecule has 0 aliphatic heterocycles. The number of hydrogen-bond acceptors (Lipinski definition) is 2. The third kappa shape index (κ3) is 5.58. The number of nitrogens with two attached hydrogens (primary N) is 1. The molecule has 1 atom stereocenters. The largest absolute Gasteiger partial charge is 0.352 e. The zero-order valence-corrected chi connectivity index (χ0v) is 11.7. The Bertz CT molecular complexity index is 454. The van der Waals surface area contributed by atoms with Gasteiger partial charge in [0, 0.05) is 18.0 Å². The summed E-state index contributed by atoms with van der Waals surface area (Å²) in [5, 5.41) is 2.95. The van der Waals surface area contributed by atoms with E-state index >= 15 is 0 Å². The molecule has 0 spiro atoms. The summed E-state index contributed by atoms with van der Waals surface area (Å²) in [5.74, 6) is 5.98. The van der Waals surface area contributed by atoms with Crippen LogP contribution in [0.1, 0.15) is 37.8 Å². The first kappa shape index (κ1) is 15.3. The average molecular weight is 258 g/mol. The highest BCUT2D eigenvalue weighted by Crippen LogP contribution is 2.06. The van der Waals surface area contributed by atoms with Crippen LogP contribution in [-0.2, 0) is 11.3 Å². The maximum Gasteiger partial charge on any atom is 0.223 e. The normalized spacial score (nSPS) is 11.3. The van der Waals surface area contributed by atoms with Gasteiger partial charge in [-0.15, -0.1) is 0 Å². The second kappa shape index (κ2) is 8.34. The molecular formula is C16H22N2O. The van der Waals surface area contributed by atoms with Gasteiger partial charge in [0.15, 0.2) is 0 Å². The molecule has 1 unspecified atom stereocenters. The third-order valence-corrected chi connectivity index (χ3v) is 2.92. The Morgan fingerprint density at radius 1 is 1.37 bits per heavy atom. The molecule has 0 bridgehead atoms. The summed E-state index contributed by atoms with van der Waals surface area (Å²) < 4.78 is 0. The van der Waals surface area contributed by atoms with E-state index in [1.807, 2.05) is 31.2 Å². The van der Waals surface area contributed by atoms with Gasteiger partial charge in [-0.3, -0.25) is 4.79 Å². The summed E-state index contributed by atoms with van der Waals surface area (Å²) in [6.45, 7) is 4.99. The zero-order valence-electron chi connectivity index (χ0n) is 11.7. The van der Waals surface area contributed by atoms with Gasteiger partial charge >= 0.3 is 0 Å². The molecule has 0 radical (unpaired) electrons. The van der Waals surface area contributed by atoms with Gasteiger partial charge in [-0.05, 0) is 24.1 Å². The fourth-order valence-electron chi connectivity index (χ4n) is 1.79. The summed E-state index contributed by atoms with van der Waals surface area (Å²) in [6.07, 6.45) is 1.96. The monoisotopic (exact) mass is 258 g/mol. The third-order valence-electron chi connectivity index (χ3n) is 2.92. The van der Waals surface area contributed by atoms with E-state index in [-0.39, 0.29) is 11.8 Å². The average Bonchev–Trinajstić information content (AvgIpc) is 2.43. The minimum absolute atomic E-state index is 0.0831. The van der Waals surface area contributed by atoms with E-state index in [1.165, 1.54) is 0 Å². The van der Waals surface area contributed by atoms with Crippen LogP contribution in [0, 0.1) is 17.8 Å². The number of carbonyl (C=O) groups is 1.